The summed E-state index contributed by atoms with van der Waals surface area (Å²) in [6.45, 7) is 3.07. The van der Waals surface area contributed by atoms with E-state index >= 15 is 0 Å². The topological polar surface area (TPSA) is 0 Å². The van der Waals surface area contributed by atoms with E-state index in [1.165, 1.54) is 13.8 Å². The molecule has 1 aromatic carbocycles. The molecule has 0 aliphatic heterocycles. The standard InChI is InChI=1S/C12H13BF4/c1-12(2,4-3-10(16)17)11-8(14)5-7(13)6-9(11)15/h5-6,10H,3-4H2,1-2H3. The van der Waals surface area contributed by atoms with E-state index in [2.05, 4.69) is 0 Å². The zero-order valence-corrected chi connectivity index (χ0v) is 9.74. The van der Waals surface area contributed by atoms with Gasteiger partial charge in [-0.1, -0.05) is 19.3 Å². The van der Waals surface area contributed by atoms with E-state index < -0.39 is 29.9 Å². The van der Waals surface area contributed by atoms with E-state index in [9.17, 15) is 17.6 Å². The van der Waals surface area contributed by atoms with E-state index in [1.807, 2.05) is 0 Å². The van der Waals surface area contributed by atoms with Crippen molar-refractivity contribution in [1.29, 1.82) is 0 Å². The minimum Gasteiger partial charge on any atom is -0.211 e. The van der Waals surface area contributed by atoms with Gasteiger partial charge in [-0.15, -0.1) is 0 Å². The predicted molar refractivity (Wildman–Crippen MR) is 60.0 cm³/mol. The molecule has 0 fully saturated rings. The predicted octanol–water partition coefficient (Wildman–Crippen LogP) is 3.08. The van der Waals surface area contributed by atoms with Crippen molar-refractivity contribution < 1.29 is 17.6 Å². The Morgan fingerprint density at radius 3 is 2.06 bits per heavy atom. The van der Waals surface area contributed by atoms with E-state index in [0.29, 0.717) is 0 Å². The maximum absolute atomic E-state index is 13.6. The second-order valence-electron chi connectivity index (χ2n) is 4.67. The van der Waals surface area contributed by atoms with Gasteiger partial charge in [-0.2, -0.15) is 0 Å². The SMILES string of the molecule is [B]c1cc(F)c(C(C)(C)CCC(F)F)c(F)c1. The molecule has 0 aliphatic carbocycles. The molecule has 0 bridgehead atoms. The zero-order valence-electron chi connectivity index (χ0n) is 9.74. The Hall–Kier alpha value is -0.995. The van der Waals surface area contributed by atoms with Crippen molar-refractivity contribution in [2.75, 3.05) is 0 Å². The van der Waals surface area contributed by atoms with Gasteiger partial charge in [0.25, 0.3) is 0 Å². The van der Waals surface area contributed by atoms with Crippen LogP contribution < -0.4 is 5.46 Å². The molecule has 17 heavy (non-hydrogen) atoms. The van der Waals surface area contributed by atoms with Gasteiger partial charge in [0, 0.05) is 12.0 Å². The normalized spacial score (nSPS) is 12.2. The molecule has 0 saturated carbocycles. The highest BCUT2D eigenvalue weighted by atomic mass is 19.3. The molecule has 0 aromatic heterocycles. The minimum absolute atomic E-state index is 0.00241. The number of halogens is 4. The van der Waals surface area contributed by atoms with Crippen LogP contribution in [0.5, 0.6) is 0 Å². The van der Waals surface area contributed by atoms with Crippen molar-refractivity contribution in [3.8, 4) is 0 Å². The smallest absolute Gasteiger partial charge is 0.211 e. The maximum Gasteiger partial charge on any atom is 0.238 e. The number of rotatable bonds is 4. The summed E-state index contributed by atoms with van der Waals surface area (Å²) < 4.78 is 51.5. The summed E-state index contributed by atoms with van der Waals surface area (Å²) in [4.78, 5) is 0. The molecule has 0 saturated heterocycles. The third kappa shape index (κ3) is 3.48. The first-order valence-electron chi connectivity index (χ1n) is 5.27. The average molecular weight is 244 g/mol. The zero-order chi connectivity index (χ0) is 13.2. The molecular weight excluding hydrogens is 231 g/mol. The fourth-order valence-electron chi connectivity index (χ4n) is 1.83. The number of hydrogen-bond donors (Lipinski definition) is 0. The Labute approximate surface area is 99.4 Å². The molecule has 0 N–H and O–H groups in total. The van der Waals surface area contributed by atoms with Crippen LogP contribution in [-0.2, 0) is 5.41 Å². The highest BCUT2D eigenvalue weighted by Gasteiger charge is 2.28. The van der Waals surface area contributed by atoms with E-state index in [4.69, 9.17) is 7.85 Å². The Morgan fingerprint density at radius 2 is 1.65 bits per heavy atom. The van der Waals surface area contributed by atoms with Gasteiger partial charge in [-0.3, -0.25) is 0 Å². The largest absolute Gasteiger partial charge is 0.238 e. The quantitative estimate of drug-likeness (QED) is 0.564. The summed E-state index contributed by atoms with van der Waals surface area (Å²) in [6, 6.07) is 2.01. The monoisotopic (exact) mass is 244 g/mol. The number of benzene rings is 1. The van der Waals surface area contributed by atoms with Gasteiger partial charge in [0.15, 0.2) is 0 Å². The van der Waals surface area contributed by atoms with Gasteiger partial charge >= 0.3 is 0 Å². The van der Waals surface area contributed by atoms with Crippen molar-refractivity contribution in [3.05, 3.63) is 29.3 Å². The highest BCUT2D eigenvalue weighted by molar-refractivity contribution is 6.32. The fourth-order valence-corrected chi connectivity index (χ4v) is 1.83. The van der Waals surface area contributed by atoms with Crippen LogP contribution in [0.3, 0.4) is 0 Å². The Bertz CT molecular complexity index is 378. The van der Waals surface area contributed by atoms with Crippen molar-refractivity contribution in [3.63, 3.8) is 0 Å². The summed E-state index contributed by atoms with van der Waals surface area (Å²) in [6.07, 6.45) is -2.87. The average Bonchev–Trinajstić information content (AvgIpc) is 2.12. The van der Waals surface area contributed by atoms with Crippen molar-refractivity contribution >= 4 is 13.3 Å². The minimum atomic E-state index is -2.48. The van der Waals surface area contributed by atoms with Crippen molar-refractivity contribution in [2.45, 2.75) is 38.5 Å². The molecule has 0 atom stereocenters. The van der Waals surface area contributed by atoms with Crippen molar-refractivity contribution in [1.82, 2.24) is 0 Å². The lowest BCUT2D eigenvalue weighted by molar-refractivity contribution is 0.125. The van der Waals surface area contributed by atoms with E-state index in [0.717, 1.165) is 12.1 Å². The summed E-state index contributed by atoms with van der Waals surface area (Å²) in [7, 11) is 5.29. The van der Waals surface area contributed by atoms with Gasteiger partial charge in [-0.05, 0) is 24.0 Å². The van der Waals surface area contributed by atoms with Crippen LogP contribution >= 0.6 is 0 Å². The van der Waals surface area contributed by atoms with Gasteiger partial charge in [0.05, 0.1) is 0 Å². The van der Waals surface area contributed by atoms with Crippen LogP contribution in [-0.4, -0.2) is 14.3 Å². The Morgan fingerprint density at radius 1 is 1.18 bits per heavy atom. The first-order valence-corrected chi connectivity index (χ1v) is 5.27. The molecule has 1 aromatic rings. The maximum atomic E-state index is 13.6. The van der Waals surface area contributed by atoms with E-state index in [-0.39, 0.29) is 17.4 Å². The first-order chi connectivity index (χ1) is 7.74. The summed E-state index contributed by atoms with van der Waals surface area (Å²) in [5, 5.41) is 0. The number of alkyl halides is 2. The molecule has 0 heterocycles. The van der Waals surface area contributed by atoms with Gasteiger partial charge in [-0.25, -0.2) is 17.6 Å². The lowest BCUT2D eigenvalue weighted by atomic mass is 9.78. The molecule has 92 valence electrons. The Kier molecular flexibility index (Phi) is 4.23. The summed E-state index contributed by atoms with van der Waals surface area (Å²) in [5.41, 5.74) is -1.20. The van der Waals surface area contributed by atoms with Crippen LogP contribution in [0.4, 0.5) is 17.6 Å². The molecule has 0 unspecified atom stereocenters. The van der Waals surface area contributed by atoms with Crippen LogP contribution in [0.1, 0.15) is 32.3 Å². The molecule has 1 rings (SSSR count). The molecular formula is C12H13BF4. The Balaban J connectivity index is 3.05. The van der Waals surface area contributed by atoms with Crippen LogP contribution in [0.25, 0.3) is 0 Å². The second kappa shape index (κ2) is 5.11. The van der Waals surface area contributed by atoms with Crippen LogP contribution in [0.15, 0.2) is 12.1 Å². The van der Waals surface area contributed by atoms with Crippen LogP contribution in [0, 0.1) is 11.6 Å². The molecule has 0 amide bonds. The third-order valence-corrected chi connectivity index (χ3v) is 2.73. The number of hydrogen-bond acceptors (Lipinski definition) is 0. The first kappa shape index (κ1) is 14.1. The highest BCUT2D eigenvalue weighted by Crippen LogP contribution is 2.32. The third-order valence-electron chi connectivity index (χ3n) is 2.73. The van der Waals surface area contributed by atoms with Crippen LogP contribution in [0.2, 0.25) is 0 Å². The van der Waals surface area contributed by atoms with Crippen molar-refractivity contribution in [2.24, 2.45) is 0 Å². The lowest BCUT2D eigenvalue weighted by Crippen LogP contribution is -2.24. The lowest BCUT2D eigenvalue weighted by Gasteiger charge is -2.26. The molecule has 0 aliphatic rings. The molecule has 2 radical (unpaired) electrons. The van der Waals surface area contributed by atoms with Gasteiger partial charge in [0.2, 0.25) is 6.43 Å². The van der Waals surface area contributed by atoms with E-state index in [1.54, 1.807) is 0 Å². The molecule has 0 spiro atoms. The molecule has 0 nitrogen and oxygen atoms in total. The summed E-state index contributed by atoms with van der Waals surface area (Å²) >= 11 is 0. The fraction of sp³-hybridized carbons (Fsp3) is 0.500. The molecule has 5 heteroatoms. The van der Waals surface area contributed by atoms with Gasteiger partial charge < -0.3 is 0 Å². The summed E-state index contributed by atoms with van der Waals surface area (Å²) in [5.74, 6) is -1.58. The van der Waals surface area contributed by atoms with Gasteiger partial charge in [0.1, 0.15) is 19.5 Å². The second-order valence-corrected chi connectivity index (χ2v) is 4.67.